The van der Waals surface area contributed by atoms with Gasteiger partial charge in [-0.15, -0.1) is 0 Å². The molecule has 0 atom stereocenters. The van der Waals surface area contributed by atoms with Crippen molar-refractivity contribution in [3.63, 3.8) is 0 Å². The third-order valence-electron chi connectivity index (χ3n) is 3.24. The number of nitrogens with zero attached hydrogens (tertiary/aromatic N) is 2. The first-order chi connectivity index (χ1) is 8.74. The van der Waals surface area contributed by atoms with E-state index in [0.29, 0.717) is 5.15 Å². The molecule has 1 aromatic carbocycles. The molecule has 92 valence electrons. The molecule has 0 radical (unpaired) electrons. The van der Waals surface area contributed by atoms with Crippen molar-refractivity contribution in [2.45, 2.75) is 13.0 Å². The zero-order chi connectivity index (χ0) is 12.5. The summed E-state index contributed by atoms with van der Waals surface area (Å²) in [6, 6.07) is 11.8. The lowest BCUT2D eigenvalue weighted by Crippen LogP contribution is -2.21. The zero-order valence-corrected chi connectivity index (χ0v) is 10.7. The monoisotopic (exact) mass is 259 g/mol. The normalized spacial score (nSPS) is 13.7. The van der Waals surface area contributed by atoms with Crippen LogP contribution in [0.2, 0.25) is 5.15 Å². The SMILES string of the molecule is Nc1cccc2c1N(Cc1cccc(Cl)n1)CC2. The summed E-state index contributed by atoms with van der Waals surface area (Å²) in [5, 5.41) is 0.535. The highest BCUT2D eigenvalue weighted by Gasteiger charge is 2.21. The fourth-order valence-corrected chi connectivity index (χ4v) is 2.64. The molecular weight excluding hydrogens is 246 g/mol. The fraction of sp³-hybridized carbons (Fsp3) is 0.214. The second-order valence-corrected chi connectivity index (χ2v) is 4.87. The number of benzene rings is 1. The highest BCUT2D eigenvalue weighted by molar-refractivity contribution is 6.29. The maximum Gasteiger partial charge on any atom is 0.129 e. The van der Waals surface area contributed by atoms with Gasteiger partial charge in [-0.2, -0.15) is 0 Å². The Bertz CT molecular complexity index is 583. The molecule has 1 aliphatic heterocycles. The van der Waals surface area contributed by atoms with Crippen molar-refractivity contribution < 1.29 is 0 Å². The summed E-state index contributed by atoms with van der Waals surface area (Å²) in [6.07, 6.45) is 1.04. The van der Waals surface area contributed by atoms with Gasteiger partial charge in [0.2, 0.25) is 0 Å². The van der Waals surface area contributed by atoms with Crippen molar-refractivity contribution in [1.82, 2.24) is 4.98 Å². The van der Waals surface area contributed by atoms with Gasteiger partial charge in [-0.05, 0) is 30.2 Å². The minimum atomic E-state index is 0.535. The van der Waals surface area contributed by atoms with Gasteiger partial charge in [-0.25, -0.2) is 4.98 Å². The summed E-state index contributed by atoms with van der Waals surface area (Å²) in [5.74, 6) is 0. The molecule has 3 rings (SSSR count). The van der Waals surface area contributed by atoms with Gasteiger partial charge in [-0.1, -0.05) is 29.8 Å². The lowest BCUT2D eigenvalue weighted by molar-refractivity contribution is 0.815. The molecule has 0 unspecified atom stereocenters. The number of para-hydroxylation sites is 1. The average molecular weight is 260 g/mol. The lowest BCUT2D eigenvalue weighted by Gasteiger charge is -2.20. The first-order valence-electron chi connectivity index (χ1n) is 5.98. The third kappa shape index (κ3) is 2.02. The first kappa shape index (κ1) is 11.4. The van der Waals surface area contributed by atoms with Crippen LogP contribution in [0.3, 0.4) is 0 Å². The molecule has 0 bridgehead atoms. The van der Waals surface area contributed by atoms with Crippen LogP contribution in [0.25, 0.3) is 0 Å². The Morgan fingerprint density at radius 3 is 2.89 bits per heavy atom. The Kier molecular flexibility index (Phi) is 2.84. The van der Waals surface area contributed by atoms with Crippen LogP contribution in [0.4, 0.5) is 11.4 Å². The molecule has 0 spiro atoms. The fourth-order valence-electron chi connectivity index (χ4n) is 2.46. The Hall–Kier alpha value is -1.74. The van der Waals surface area contributed by atoms with E-state index in [9.17, 15) is 0 Å². The van der Waals surface area contributed by atoms with E-state index in [1.54, 1.807) is 6.07 Å². The van der Waals surface area contributed by atoms with Crippen LogP contribution in [0.5, 0.6) is 0 Å². The lowest BCUT2D eigenvalue weighted by atomic mass is 10.1. The number of nitrogen functional groups attached to an aromatic ring is 1. The van der Waals surface area contributed by atoms with Crippen LogP contribution < -0.4 is 10.6 Å². The standard InChI is InChI=1S/C14H14ClN3/c15-13-6-2-4-11(17-13)9-18-8-7-10-3-1-5-12(16)14(10)18/h1-6H,7-9,16H2. The van der Waals surface area contributed by atoms with Gasteiger partial charge in [0.1, 0.15) is 5.15 Å². The van der Waals surface area contributed by atoms with Crippen LogP contribution in [0, 0.1) is 0 Å². The molecule has 1 aromatic heterocycles. The van der Waals surface area contributed by atoms with E-state index < -0.39 is 0 Å². The molecule has 3 nitrogen and oxygen atoms in total. The molecule has 0 aliphatic carbocycles. The average Bonchev–Trinajstić information content (AvgIpc) is 2.74. The number of nitrogens with two attached hydrogens (primary N) is 1. The highest BCUT2D eigenvalue weighted by atomic mass is 35.5. The Labute approximate surface area is 111 Å². The van der Waals surface area contributed by atoms with Crippen molar-refractivity contribution >= 4 is 23.0 Å². The molecule has 0 fully saturated rings. The number of halogens is 1. The van der Waals surface area contributed by atoms with E-state index in [0.717, 1.165) is 36.6 Å². The van der Waals surface area contributed by atoms with Crippen LogP contribution >= 0.6 is 11.6 Å². The third-order valence-corrected chi connectivity index (χ3v) is 3.45. The predicted molar refractivity (Wildman–Crippen MR) is 74.9 cm³/mol. The number of anilines is 2. The van der Waals surface area contributed by atoms with Crippen LogP contribution in [0.1, 0.15) is 11.3 Å². The second-order valence-electron chi connectivity index (χ2n) is 4.48. The van der Waals surface area contributed by atoms with Gasteiger partial charge >= 0.3 is 0 Å². The molecule has 18 heavy (non-hydrogen) atoms. The van der Waals surface area contributed by atoms with Crippen molar-refractivity contribution in [3.05, 3.63) is 52.8 Å². The summed E-state index contributed by atoms with van der Waals surface area (Å²) in [6.45, 7) is 1.74. The molecule has 0 amide bonds. The van der Waals surface area contributed by atoms with Crippen molar-refractivity contribution in [2.75, 3.05) is 17.2 Å². The van der Waals surface area contributed by atoms with Crippen molar-refractivity contribution in [2.24, 2.45) is 0 Å². The minimum Gasteiger partial charge on any atom is -0.397 e. The maximum absolute atomic E-state index is 6.06. The Balaban J connectivity index is 1.89. The Morgan fingerprint density at radius 2 is 2.06 bits per heavy atom. The van der Waals surface area contributed by atoms with E-state index in [4.69, 9.17) is 17.3 Å². The smallest absolute Gasteiger partial charge is 0.129 e. The van der Waals surface area contributed by atoms with Crippen LogP contribution in [0.15, 0.2) is 36.4 Å². The number of hydrogen-bond acceptors (Lipinski definition) is 3. The summed E-state index contributed by atoms with van der Waals surface area (Å²) >= 11 is 5.91. The molecule has 4 heteroatoms. The molecular formula is C14H14ClN3. The molecule has 2 heterocycles. The summed E-state index contributed by atoms with van der Waals surface area (Å²) in [7, 11) is 0. The Morgan fingerprint density at radius 1 is 1.22 bits per heavy atom. The van der Waals surface area contributed by atoms with E-state index in [1.807, 2.05) is 24.3 Å². The number of pyridine rings is 1. The predicted octanol–water partition coefficient (Wildman–Crippen LogP) is 2.88. The number of rotatable bonds is 2. The number of hydrogen-bond donors (Lipinski definition) is 1. The molecule has 2 aromatic rings. The molecule has 1 aliphatic rings. The van der Waals surface area contributed by atoms with E-state index in [2.05, 4.69) is 16.0 Å². The minimum absolute atomic E-state index is 0.535. The quantitative estimate of drug-likeness (QED) is 0.666. The van der Waals surface area contributed by atoms with E-state index in [1.165, 1.54) is 5.56 Å². The summed E-state index contributed by atoms with van der Waals surface area (Å²) < 4.78 is 0. The number of fused-ring (bicyclic) bond motifs is 1. The summed E-state index contributed by atoms with van der Waals surface area (Å²) in [5.41, 5.74) is 10.3. The number of aromatic nitrogens is 1. The van der Waals surface area contributed by atoms with Gasteiger partial charge in [0, 0.05) is 6.54 Å². The first-order valence-corrected chi connectivity index (χ1v) is 6.35. The zero-order valence-electron chi connectivity index (χ0n) is 9.94. The van der Waals surface area contributed by atoms with E-state index >= 15 is 0 Å². The van der Waals surface area contributed by atoms with Crippen molar-refractivity contribution in [3.8, 4) is 0 Å². The van der Waals surface area contributed by atoms with Gasteiger partial charge < -0.3 is 10.6 Å². The van der Waals surface area contributed by atoms with E-state index in [-0.39, 0.29) is 0 Å². The molecule has 0 saturated heterocycles. The van der Waals surface area contributed by atoms with Gasteiger partial charge in [-0.3, -0.25) is 0 Å². The molecule has 0 saturated carbocycles. The molecule has 2 N–H and O–H groups in total. The van der Waals surface area contributed by atoms with Crippen molar-refractivity contribution in [1.29, 1.82) is 0 Å². The second kappa shape index (κ2) is 4.50. The van der Waals surface area contributed by atoms with Crippen LogP contribution in [-0.2, 0) is 13.0 Å². The van der Waals surface area contributed by atoms with Gasteiger partial charge in [0.25, 0.3) is 0 Å². The van der Waals surface area contributed by atoms with Crippen LogP contribution in [-0.4, -0.2) is 11.5 Å². The largest absolute Gasteiger partial charge is 0.397 e. The van der Waals surface area contributed by atoms with Gasteiger partial charge in [0.15, 0.2) is 0 Å². The summed E-state index contributed by atoms with van der Waals surface area (Å²) in [4.78, 5) is 6.59. The van der Waals surface area contributed by atoms with Gasteiger partial charge in [0.05, 0.1) is 23.6 Å². The highest BCUT2D eigenvalue weighted by Crippen LogP contribution is 2.34. The topological polar surface area (TPSA) is 42.1 Å². The maximum atomic E-state index is 6.06.